The Morgan fingerprint density at radius 3 is 2.27 bits per heavy atom. The van der Waals surface area contributed by atoms with Crippen molar-refractivity contribution in [3.8, 4) is 5.75 Å². The molecule has 0 fully saturated rings. The highest BCUT2D eigenvalue weighted by atomic mass is 16.5. The summed E-state index contributed by atoms with van der Waals surface area (Å²) >= 11 is 0. The molecule has 0 aliphatic rings. The molecule has 3 heteroatoms. The standard InChI is InChI=1S/C8H11NO2/c1-9(11)6-7-2-4-8(10)5-3-7/h2-5,10-11H,6H2,1H3. The highest BCUT2D eigenvalue weighted by molar-refractivity contribution is 5.25. The Morgan fingerprint density at radius 2 is 1.82 bits per heavy atom. The van der Waals surface area contributed by atoms with E-state index in [1.807, 2.05) is 0 Å². The van der Waals surface area contributed by atoms with Crippen molar-refractivity contribution in [2.24, 2.45) is 0 Å². The van der Waals surface area contributed by atoms with Crippen LogP contribution in [0.15, 0.2) is 24.3 Å². The van der Waals surface area contributed by atoms with Gasteiger partial charge in [0.15, 0.2) is 0 Å². The molecular weight excluding hydrogens is 142 g/mol. The van der Waals surface area contributed by atoms with E-state index < -0.39 is 0 Å². The highest BCUT2D eigenvalue weighted by Gasteiger charge is 1.94. The first kappa shape index (κ1) is 8.04. The van der Waals surface area contributed by atoms with Gasteiger partial charge in [-0.15, -0.1) is 0 Å². The lowest BCUT2D eigenvalue weighted by Crippen LogP contribution is -2.11. The van der Waals surface area contributed by atoms with E-state index in [0.29, 0.717) is 6.54 Å². The summed E-state index contributed by atoms with van der Waals surface area (Å²) in [7, 11) is 1.58. The number of rotatable bonds is 2. The normalized spacial score (nSPS) is 10.5. The molecule has 11 heavy (non-hydrogen) atoms. The summed E-state index contributed by atoms with van der Waals surface area (Å²) in [4.78, 5) is 0. The maximum absolute atomic E-state index is 8.91. The predicted molar refractivity (Wildman–Crippen MR) is 41.4 cm³/mol. The summed E-state index contributed by atoms with van der Waals surface area (Å²) in [5.74, 6) is 0.245. The van der Waals surface area contributed by atoms with E-state index in [1.54, 1.807) is 31.3 Å². The molecule has 60 valence electrons. The van der Waals surface area contributed by atoms with E-state index >= 15 is 0 Å². The van der Waals surface area contributed by atoms with Crippen molar-refractivity contribution in [1.29, 1.82) is 0 Å². The summed E-state index contributed by atoms with van der Waals surface area (Å²) in [5.41, 5.74) is 0.966. The summed E-state index contributed by atoms with van der Waals surface area (Å²) in [5, 5.41) is 18.9. The predicted octanol–water partition coefficient (Wildman–Crippen LogP) is 1.21. The molecule has 0 amide bonds. The summed E-state index contributed by atoms with van der Waals surface area (Å²) in [6.45, 7) is 0.472. The molecule has 0 spiro atoms. The fourth-order valence-corrected chi connectivity index (χ4v) is 0.866. The number of aromatic hydroxyl groups is 1. The number of phenols is 1. The van der Waals surface area contributed by atoms with Gasteiger partial charge >= 0.3 is 0 Å². The summed E-state index contributed by atoms with van der Waals surface area (Å²) < 4.78 is 0. The van der Waals surface area contributed by atoms with Crippen molar-refractivity contribution in [1.82, 2.24) is 5.06 Å². The van der Waals surface area contributed by atoms with Gasteiger partial charge in [-0.05, 0) is 17.7 Å². The third kappa shape index (κ3) is 2.57. The molecule has 0 unspecified atom stereocenters. The van der Waals surface area contributed by atoms with Gasteiger partial charge in [0, 0.05) is 13.6 Å². The number of nitrogens with zero attached hydrogens (tertiary/aromatic N) is 1. The molecular formula is C8H11NO2. The first-order valence-electron chi connectivity index (χ1n) is 3.36. The topological polar surface area (TPSA) is 43.7 Å². The van der Waals surface area contributed by atoms with Gasteiger partial charge in [0.25, 0.3) is 0 Å². The quantitative estimate of drug-likeness (QED) is 0.628. The molecule has 1 aromatic rings. The van der Waals surface area contributed by atoms with Gasteiger partial charge in [0.05, 0.1) is 0 Å². The Labute approximate surface area is 65.5 Å². The zero-order chi connectivity index (χ0) is 8.27. The minimum Gasteiger partial charge on any atom is -0.508 e. The number of benzene rings is 1. The molecule has 0 aromatic heterocycles. The zero-order valence-corrected chi connectivity index (χ0v) is 6.36. The molecule has 0 saturated carbocycles. The van der Waals surface area contributed by atoms with Crippen LogP contribution in [0, 0.1) is 0 Å². The maximum atomic E-state index is 8.91. The van der Waals surface area contributed by atoms with E-state index in [4.69, 9.17) is 10.3 Å². The van der Waals surface area contributed by atoms with E-state index in [2.05, 4.69) is 0 Å². The van der Waals surface area contributed by atoms with Crippen LogP contribution in [0.2, 0.25) is 0 Å². The third-order valence-electron chi connectivity index (χ3n) is 1.35. The van der Waals surface area contributed by atoms with Crippen LogP contribution in [0.5, 0.6) is 5.75 Å². The fourth-order valence-electron chi connectivity index (χ4n) is 0.866. The molecule has 3 nitrogen and oxygen atoms in total. The van der Waals surface area contributed by atoms with Gasteiger partial charge in [-0.3, -0.25) is 0 Å². The van der Waals surface area contributed by atoms with Gasteiger partial charge in [-0.1, -0.05) is 12.1 Å². The van der Waals surface area contributed by atoms with E-state index in [0.717, 1.165) is 10.6 Å². The molecule has 0 radical (unpaired) electrons. The van der Waals surface area contributed by atoms with Crippen molar-refractivity contribution in [3.63, 3.8) is 0 Å². The third-order valence-corrected chi connectivity index (χ3v) is 1.35. The maximum Gasteiger partial charge on any atom is 0.115 e. The van der Waals surface area contributed by atoms with Crippen LogP contribution in [-0.4, -0.2) is 22.4 Å². The second-order valence-electron chi connectivity index (χ2n) is 2.48. The second-order valence-corrected chi connectivity index (χ2v) is 2.48. The lowest BCUT2D eigenvalue weighted by Gasteiger charge is -2.06. The lowest BCUT2D eigenvalue weighted by molar-refractivity contribution is -0.0731. The van der Waals surface area contributed by atoms with E-state index in [1.165, 1.54) is 0 Å². The first-order valence-corrected chi connectivity index (χ1v) is 3.36. The lowest BCUT2D eigenvalue weighted by atomic mass is 10.2. The summed E-state index contributed by atoms with van der Waals surface area (Å²) in [6.07, 6.45) is 0. The van der Waals surface area contributed by atoms with Crippen molar-refractivity contribution in [3.05, 3.63) is 29.8 Å². The fraction of sp³-hybridized carbons (Fsp3) is 0.250. The van der Waals surface area contributed by atoms with Crippen LogP contribution < -0.4 is 0 Å². The molecule has 1 rings (SSSR count). The largest absolute Gasteiger partial charge is 0.508 e. The van der Waals surface area contributed by atoms with Crippen LogP contribution in [-0.2, 0) is 6.54 Å². The van der Waals surface area contributed by atoms with Crippen LogP contribution in [0.4, 0.5) is 0 Å². The monoisotopic (exact) mass is 153 g/mol. The Bertz CT molecular complexity index is 218. The molecule has 0 aliphatic heterocycles. The number of hydroxylamine groups is 2. The Morgan fingerprint density at radius 1 is 1.27 bits per heavy atom. The van der Waals surface area contributed by atoms with Crippen molar-refractivity contribution in [2.75, 3.05) is 7.05 Å². The van der Waals surface area contributed by atoms with Crippen LogP contribution in [0.1, 0.15) is 5.56 Å². The van der Waals surface area contributed by atoms with Gasteiger partial charge in [0.2, 0.25) is 0 Å². The molecule has 0 aliphatic carbocycles. The Kier molecular flexibility index (Phi) is 2.46. The Hall–Kier alpha value is -1.06. The van der Waals surface area contributed by atoms with Crippen LogP contribution in [0.3, 0.4) is 0 Å². The van der Waals surface area contributed by atoms with Crippen molar-refractivity contribution < 1.29 is 10.3 Å². The zero-order valence-electron chi connectivity index (χ0n) is 6.36. The minimum absolute atomic E-state index is 0.245. The number of phenolic OH excluding ortho intramolecular Hbond substituents is 1. The van der Waals surface area contributed by atoms with Gasteiger partial charge in [-0.25, -0.2) is 0 Å². The number of hydrogen-bond donors (Lipinski definition) is 2. The van der Waals surface area contributed by atoms with Crippen LogP contribution in [0.25, 0.3) is 0 Å². The summed E-state index contributed by atoms with van der Waals surface area (Å²) in [6, 6.07) is 6.72. The van der Waals surface area contributed by atoms with Crippen LogP contribution >= 0.6 is 0 Å². The first-order chi connectivity index (χ1) is 5.18. The van der Waals surface area contributed by atoms with E-state index in [-0.39, 0.29) is 5.75 Å². The minimum atomic E-state index is 0.245. The van der Waals surface area contributed by atoms with Gasteiger partial charge in [-0.2, -0.15) is 5.06 Å². The van der Waals surface area contributed by atoms with Crippen molar-refractivity contribution in [2.45, 2.75) is 6.54 Å². The number of hydrogen-bond acceptors (Lipinski definition) is 3. The van der Waals surface area contributed by atoms with Crippen molar-refractivity contribution >= 4 is 0 Å². The molecule has 2 N–H and O–H groups in total. The average Bonchev–Trinajstić information content (AvgIpc) is 1.93. The molecule has 0 atom stereocenters. The van der Waals surface area contributed by atoms with E-state index in [9.17, 15) is 0 Å². The highest BCUT2D eigenvalue weighted by Crippen LogP contribution is 2.10. The molecule has 0 saturated heterocycles. The van der Waals surface area contributed by atoms with Gasteiger partial charge < -0.3 is 10.3 Å². The molecule has 0 bridgehead atoms. The Balaban J connectivity index is 2.66. The molecule has 0 heterocycles. The molecule has 1 aromatic carbocycles. The average molecular weight is 153 g/mol. The van der Waals surface area contributed by atoms with Gasteiger partial charge in [0.1, 0.15) is 5.75 Å². The smallest absolute Gasteiger partial charge is 0.115 e. The SMILES string of the molecule is CN(O)Cc1ccc(O)cc1. The second kappa shape index (κ2) is 3.37.